The minimum atomic E-state index is 0.740. The minimum absolute atomic E-state index is 0.740. The first-order chi connectivity index (χ1) is 8.36. The smallest absolute Gasteiger partial charge is 0.118 e. The largest absolute Gasteiger partial charge is 0.497 e. The molecular weight excluding hydrogens is 210 g/mol. The lowest BCUT2D eigenvalue weighted by atomic mass is 9.94. The fourth-order valence-corrected chi connectivity index (χ4v) is 3.37. The number of ether oxygens (including phenoxy) is 1. The van der Waals surface area contributed by atoms with Crippen molar-refractivity contribution in [2.24, 2.45) is 0 Å². The molecule has 92 valence electrons. The van der Waals surface area contributed by atoms with E-state index in [4.69, 9.17) is 4.74 Å². The van der Waals surface area contributed by atoms with E-state index in [1.165, 1.54) is 44.3 Å². The molecule has 0 amide bonds. The van der Waals surface area contributed by atoms with Gasteiger partial charge in [0.25, 0.3) is 0 Å². The van der Waals surface area contributed by atoms with Gasteiger partial charge in [0.15, 0.2) is 0 Å². The topological polar surface area (TPSA) is 12.5 Å². The molecule has 0 saturated carbocycles. The quantitative estimate of drug-likeness (QED) is 0.775. The number of methoxy groups -OCH3 is 1. The van der Waals surface area contributed by atoms with Crippen LogP contribution in [0, 0.1) is 0 Å². The number of hydrogen-bond donors (Lipinski definition) is 0. The third-order valence-corrected chi connectivity index (χ3v) is 4.35. The molecule has 0 bridgehead atoms. The molecule has 2 heterocycles. The molecule has 0 spiro atoms. The van der Waals surface area contributed by atoms with Gasteiger partial charge in [-0.05, 0) is 49.4 Å². The summed E-state index contributed by atoms with van der Waals surface area (Å²) in [7, 11) is 1.73. The summed E-state index contributed by atoms with van der Waals surface area (Å²) < 4.78 is 5.22. The first-order valence-electron chi connectivity index (χ1n) is 6.75. The summed E-state index contributed by atoms with van der Waals surface area (Å²) in [4.78, 5) is 2.69. The molecule has 2 fully saturated rings. The van der Waals surface area contributed by atoms with Crippen molar-refractivity contribution in [3.63, 3.8) is 0 Å². The highest BCUT2D eigenvalue weighted by molar-refractivity contribution is 5.30. The maximum absolute atomic E-state index is 5.22. The van der Waals surface area contributed by atoms with E-state index in [-0.39, 0.29) is 0 Å². The second kappa shape index (κ2) is 4.69. The van der Waals surface area contributed by atoms with Crippen LogP contribution in [0.15, 0.2) is 24.3 Å². The molecule has 2 aliphatic heterocycles. The highest BCUT2D eigenvalue weighted by Gasteiger charge is 2.33. The molecule has 2 heteroatoms. The molecule has 0 N–H and O–H groups in total. The highest BCUT2D eigenvalue weighted by atomic mass is 16.5. The van der Waals surface area contributed by atoms with Gasteiger partial charge in [-0.2, -0.15) is 0 Å². The van der Waals surface area contributed by atoms with Crippen LogP contribution in [0.25, 0.3) is 0 Å². The van der Waals surface area contributed by atoms with Crippen LogP contribution in [0.3, 0.4) is 0 Å². The zero-order valence-corrected chi connectivity index (χ0v) is 10.6. The molecule has 1 aromatic carbocycles. The van der Waals surface area contributed by atoms with Crippen LogP contribution in [0.4, 0.5) is 0 Å². The lowest BCUT2D eigenvalue weighted by molar-refractivity contribution is 0.197. The normalized spacial score (nSPS) is 29.0. The van der Waals surface area contributed by atoms with Crippen molar-refractivity contribution >= 4 is 0 Å². The molecule has 0 aromatic heterocycles. The highest BCUT2D eigenvalue weighted by Crippen LogP contribution is 2.36. The van der Waals surface area contributed by atoms with Crippen molar-refractivity contribution in [1.82, 2.24) is 4.90 Å². The number of piperidine rings is 1. The summed E-state index contributed by atoms with van der Waals surface area (Å²) in [6.07, 6.45) is 5.58. The number of benzene rings is 1. The molecular formula is C15H21NO. The molecule has 0 aliphatic carbocycles. The Kier molecular flexibility index (Phi) is 3.06. The number of fused-ring (bicyclic) bond motifs is 1. The van der Waals surface area contributed by atoms with Gasteiger partial charge in [0.05, 0.1) is 7.11 Å². The van der Waals surface area contributed by atoms with Gasteiger partial charge in [0.1, 0.15) is 5.75 Å². The van der Waals surface area contributed by atoms with E-state index in [1.54, 1.807) is 7.11 Å². The second-order valence-electron chi connectivity index (χ2n) is 5.35. The van der Waals surface area contributed by atoms with Crippen LogP contribution in [-0.2, 0) is 0 Å². The Bertz CT molecular complexity index is 359. The lowest BCUT2D eigenvalue weighted by Gasteiger charge is -2.28. The van der Waals surface area contributed by atoms with E-state index in [2.05, 4.69) is 29.2 Å². The number of rotatable bonds is 2. The van der Waals surface area contributed by atoms with E-state index in [1.807, 2.05) is 0 Å². The Balaban J connectivity index is 1.72. The summed E-state index contributed by atoms with van der Waals surface area (Å²) in [6.45, 7) is 2.58. The Morgan fingerprint density at radius 2 is 2.00 bits per heavy atom. The van der Waals surface area contributed by atoms with Crippen LogP contribution >= 0.6 is 0 Å². The van der Waals surface area contributed by atoms with Crippen molar-refractivity contribution in [3.05, 3.63) is 29.8 Å². The molecule has 2 nitrogen and oxygen atoms in total. The summed E-state index contributed by atoms with van der Waals surface area (Å²) in [6, 6.07) is 9.51. The van der Waals surface area contributed by atoms with Crippen molar-refractivity contribution in [1.29, 1.82) is 0 Å². The summed E-state index contributed by atoms with van der Waals surface area (Å²) in [5, 5.41) is 0. The van der Waals surface area contributed by atoms with E-state index in [0.29, 0.717) is 0 Å². The Morgan fingerprint density at radius 3 is 2.71 bits per heavy atom. The van der Waals surface area contributed by atoms with E-state index in [9.17, 15) is 0 Å². The first-order valence-corrected chi connectivity index (χ1v) is 6.75. The van der Waals surface area contributed by atoms with E-state index >= 15 is 0 Å². The fraction of sp³-hybridized carbons (Fsp3) is 0.600. The SMILES string of the molecule is COc1ccc([C@@H]2C[C@@H]3CCCCN3C2)cc1. The minimum Gasteiger partial charge on any atom is -0.497 e. The molecule has 3 rings (SSSR count). The van der Waals surface area contributed by atoms with Gasteiger partial charge in [-0.25, -0.2) is 0 Å². The van der Waals surface area contributed by atoms with E-state index in [0.717, 1.165) is 17.7 Å². The fourth-order valence-electron chi connectivity index (χ4n) is 3.37. The van der Waals surface area contributed by atoms with Crippen molar-refractivity contribution in [2.75, 3.05) is 20.2 Å². The van der Waals surface area contributed by atoms with Crippen molar-refractivity contribution < 1.29 is 4.74 Å². The van der Waals surface area contributed by atoms with Crippen LogP contribution in [-0.4, -0.2) is 31.1 Å². The molecule has 0 radical (unpaired) electrons. The Hall–Kier alpha value is -1.02. The predicted molar refractivity (Wildman–Crippen MR) is 69.6 cm³/mol. The van der Waals surface area contributed by atoms with Gasteiger partial charge in [-0.15, -0.1) is 0 Å². The standard InChI is InChI=1S/C15H21NO/c1-17-15-7-5-12(6-8-15)13-10-14-4-2-3-9-16(14)11-13/h5-8,13-14H,2-4,9-11H2,1H3/t13-,14+/m1/s1. The Labute approximate surface area is 104 Å². The lowest BCUT2D eigenvalue weighted by Crippen LogP contribution is -2.33. The van der Waals surface area contributed by atoms with Crippen LogP contribution in [0.2, 0.25) is 0 Å². The average molecular weight is 231 g/mol. The maximum atomic E-state index is 5.22. The molecule has 2 aliphatic rings. The van der Waals surface area contributed by atoms with Crippen LogP contribution in [0.5, 0.6) is 5.75 Å². The molecule has 1 aromatic rings. The number of hydrogen-bond acceptors (Lipinski definition) is 2. The van der Waals surface area contributed by atoms with E-state index < -0.39 is 0 Å². The third kappa shape index (κ3) is 2.19. The summed E-state index contributed by atoms with van der Waals surface area (Å²) in [5.74, 6) is 1.70. The monoisotopic (exact) mass is 231 g/mol. The zero-order chi connectivity index (χ0) is 11.7. The molecule has 17 heavy (non-hydrogen) atoms. The third-order valence-electron chi connectivity index (χ3n) is 4.35. The number of nitrogens with zero attached hydrogens (tertiary/aromatic N) is 1. The van der Waals surface area contributed by atoms with Gasteiger partial charge in [0, 0.05) is 12.6 Å². The van der Waals surface area contributed by atoms with Gasteiger partial charge in [-0.3, -0.25) is 4.90 Å². The van der Waals surface area contributed by atoms with Crippen molar-refractivity contribution in [3.8, 4) is 5.75 Å². The van der Waals surface area contributed by atoms with Gasteiger partial charge in [0.2, 0.25) is 0 Å². The van der Waals surface area contributed by atoms with Crippen LogP contribution in [0.1, 0.15) is 37.2 Å². The molecule has 0 unspecified atom stereocenters. The summed E-state index contributed by atoms with van der Waals surface area (Å²) in [5.41, 5.74) is 1.49. The van der Waals surface area contributed by atoms with Gasteiger partial charge in [-0.1, -0.05) is 18.6 Å². The Morgan fingerprint density at radius 1 is 1.18 bits per heavy atom. The van der Waals surface area contributed by atoms with Crippen molar-refractivity contribution in [2.45, 2.75) is 37.6 Å². The van der Waals surface area contributed by atoms with Gasteiger partial charge >= 0.3 is 0 Å². The van der Waals surface area contributed by atoms with Gasteiger partial charge < -0.3 is 4.74 Å². The molecule has 2 atom stereocenters. The first kappa shape index (κ1) is 11.1. The second-order valence-corrected chi connectivity index (χ2v) is 5.35. The average Bonchev–Trinajstić information content (AvgIpc) is 2.82. The van der Waals surface area contributed by atoms with Crippen LogP contribution < -0.4 is 4.74 Å². The predicted octanol–water partition coefficient (Wildman–Crippen LogP) is 3.04. The summed E-state index contributed by atoms with van der Waals surface area (Å²) >= 11 is 0. The zero-order valence-electron chi connectivity index (χ0n) is 10.6. The molecule has 2 saturated heterocycles. The maximum Gasteiger partial charge on any atom is 0.118 e.